The molecule has 0 saturated heterocycles. The summed E-state index contributed by atoms with van der Waals surface area (Å²) in [4.78, 5) is 11.6. The number of rotatable bonds is 3. The Kier molecular flexibility index (Phi) is 4.20. The first-order valence-electron chi connectivity index (χ1n) is 6.02. The summed E-state index contributed by atoms with van der Waals surface area (Å²) >= 11 is 3.31. The van der Waals surface area contributed by atoms with Crippen LogP contribution < -0.4 is 0 Å². The van der Waals surface area contributed by atoms with E-state index in [1.807, 2.05) is 0 Å². The number of ether oxygens (including phenoxy) is 1. The highest BCUT2D eigenvalue weighted by molar-refractivity contribution is 9.10. The maximum absolute atomic E-state index is 11.6. The zero-order valence-corrected chi connectivity index (χ0v) is 11.6. The first-order chi connectivity index (χ1) is 8.20. The molecule has 1 saturated carbocycles. The van der Waals surface area contributed by atoms with Crippen LogP contribution in [0.3, 0.4) is 0 Å². The second-order valence-electron chi connectivity index (χ2n) is 4.53. The summed E-state index contributed by atoms with van der Waals surface area (Å²) in [6.07, 6.45) is 6.39. The van der Waals surface area contributed by atoms with Crippen LogP contribution in [0.5, 0.6) is 0 Å². The molecule has 1 aliphatic rings. The molecule has 1 aliphatic carbocycles. The van der Waals surface area contributed by atoms with Crippen LogP contribution in [0.15, 0.2) is 10.7 Å². The largest absolute Gasteiger partial charge is 0.464 e. The van der Waals surface area contributed by atoms with Crippen molar-refractivity contribution in [3.05, 3.63) is 16.4 Å². The van der Waals surface area contributed by atoms with Gasteiger partial charge in [-0.1, -0.05) is 19.3 Å². The van der Waals surface area contributed by atoms with Crippen LogP contribution in [-0.4, -0.2) is 22.9 Å². The summed E-state index contributed by atoms with van der Waals surface area (Å²) in [7, 11) is 1.40. The number of aromatic nitrogens is 2. The van der Waals surface area contributed by atoms with Gasteiger partial charge in [0.25, 0.3) is 0 Å². The average molecular weight is 301 g/mol. The fraction of sp³-hybridized carbons (Fsp3) is 0.667. The lowest BCUT2D eigenvalue weighted by molar-refractivity contribution is 0.0584. The molecule has 1 aromatic heterocycles. The van der Waals surface area contributed by atoms with Gasteiger partial charge in [0, 0.05) is 12.6 Å². The van der Waals surface area contributed by atoms with E-state index in [1.165, 1.54) is 39.2 Å². The van der Waals surface area contributed by atoms with Crippen LogP contribution >= 0.6 is 15.9 Å². The van der Waals surface area contributed by atoms with E-state index in [9.17, 15) is 4.79 Å². The number of hydrogen-bond acceptors (Lipinski definition) is 3. The molecule has 0 atom stereocenters. The van der Waals surface area contributed by atoms with E-state index < -0.39 is 0 Å². The van der Waals surface area contributed by atoms with Gasteiger partial charge in [0.15, 0.2) is 0 Å². The van der Waals surface area contributed by atoms with Gasteiger partial charge in [-0.3, -0.25) is 4.68 Å². The van der Waals surface area contributed by atoms with Gasteiger partial charge < -0.3 is 4.74 Å². The summed E-state index contributed by atoms with van der Waals surface area (Å²) in [6, 6.07) is 1.72. The number of carbonyl (C=O) groups excluding carboxylic acids is 1. The molecule has 4 nitrogen and oxygen atoms in total. The lowest BCUT2D eigenvalue weighted by Gasteiger charge is -2.21. The van der Waals surface area contributed by atoms with Crippen molar-refractivity contribution in [3.8, 4) is 0 Å². The first kappa shape index (κ1) is 12.6. The molecule has 0 radical (unpaired) electrons. The molecule has 0 bridgehead atoms. The molecule has 0 aliphatic heterocycles. The van der Waals surface area contributed by atoms with Gasteiger partial charge in [-0.2, -0.15) is 5.10 Å². The fourth-order valence-electron chi connectivity index (χ4n) is 2.41. The van der Waals surface area contributed by atoms with E-state index in [4.69, 9.17) is 4.74 Å². The SMILES string of the molecule is COC(=O)c1cc(Br)nn1CC1CCCCC1. The minimum absolute atomic E-state index is 0.320. The summed E-state index contributed by atoms with van der Waals surface area (Å²) in [5.74, 6) is 0.318. The van der Waals surface area contributed by atoms with Gasteiger partial charge in [0.05, 0.1) is 7.11 Å². The van der Waals surface area contributed by atoms with Crippen molar-refractivity contribution in [2.75, 3.05) is 7.11 Å². The van der Waals surface area contributed by atoms with E-state index in [-0.39, 0.29) is 5.97 Å². The van der Waals surface area contributed by atoms with Gasteiger partial charge in [-0.05, 0) is 34.7 Å². The Bertz CT molecular complexity index is 397. The molecule has 17 heavy (non-hydrogen) atoms. The normalized spacial score (nSPS) is 17.1. The first-order valence-corrected chi connectivity index (χ1v) is 6.81. The Morgan fingerprint density at radius 2 is 2.24 bits per heavy atom. The number of carbonyl (C=O) groups is 1. The summed E-state index contributed by atoms with van der Waals surface area (Å²) in [5.41, 5.74) is 0.532. The predicted octanol–water partition coefficient (Wildman–Crippen LogP) is 3.01. The third-order valence-electron chi connectivity index (χ3n) is 3.30. The fourth-order valence-corrected chi connectivity index (χ4v) is 2.82. The van der Waals surface area contributed by atoms with Gasteiger partial charge >= 0.3 is 5.97 Å². The monoisotopic (exact) mass is 300 g/mol. The van der Waals surface area contributed by atoms with Crippen LogP contribution in [0.25, 0.3) is 0 Å². The number of hydrogen-bond donors (Lipinski definition) is 0. The van der Waals surface area contributed by atoms with Crippen molar-refractivity contribution >= 4 is 21.9 Å². The van der Waals surface area contributed by atoms with Crippen molar-refractivity contribution in [2.24, 2.45) is 5.92 Å². The van der Waals surface area contributed by atoms with E-state index in [2.05, 4.69) is 21.0 Å². The second kappa shape index (κ2) is 5.67. The lowest BCUT2D eigenvalue weighted by atomic mass is 9.89. The van der Waals surface area contributed by atoms with E-state index in [0.29, 0.717) is 16.2 Å². The number of nitrogens with zero attached hydrogens (tertiary/aromatic N) is 2. The molecule has 0 aromatic carbocycles. The molecule has 0 N–H and O–H groups in total. The van der Waals surface area contributed by atoms with Crippen LogP contribution in [0, 0.1) is 5.92 Å². The zero-order chi connectivity index (χ0) is 12.3. The van der Waals surface area contributed by atoms with Crippen molar-refractivity contribution in [3.63, 3.8) is 0 Å². The van der Waals surface area contributed by atoms with E-state index in [1.54, 1.807) is 10.7 Å². The van der Waals surface area contributed by atoms with Crippen LogP contribution in [0.2, 0.25) is 0 Å². The highest BCUT2D eigenvalue weighted by atomic mass is 79.9. The quantitative estimate of drug-likeness (QED) is 0.806. The second-order valence-corrected chi connectivity index (χ2v) is 5.34. The standard InChI is InChI=1S/C12H17BrN2O2/c1-17-12(16)10-7-11(13)14-15(10)8-9-5-3-2-4-6-9/h7,9H,2-6,8H2,1H3. The van der Waals surface area contributed by atoms with Crippen LogP contribution in [-0.2, 0) is 11.3 Å². The molecule has 5 heteroatoms. The smallest absolute Gasteiger partial charge is 0.356 e. The van der Waals surface area contributed by atoms with E-state index >= 15 is 0 Å². The molecule has 94 valence electrons. The Morgan fingerprint density at radius 1 is 1.53 bits per heavy atom. The molecule has 1 fully saturated rings. The molecular formula is C12H17BrN2O2. The molecular weight excluding hydrogens is 284 g/mol. The third kappa shape index (κ3) is 3.09. The van der Waals surface area contributed by atoms with Crippen LogP contribution in [0.1, 0.15) is 42.6 Å². The van der Waals surface area contributed by atoms with Crippen LogP contribution in [0.4, 0.5) is 0 Å². The minimum Gasteiger partial charge on any atom is -0.464 e. The van der Waals surface area contributed by atoms with Gasteiger partial charge in [-0.15, -0.1) is 0 Å². The Morgan fingerprint density at radius 3 is 2.88 bits per heavy atom. The molecule has 0 spiro atoms. The minimum atomic E-state index is -0.320. The third-order valence-corrected chi connectivity index (χ3v) is 3.69. The Balaban J connectivity index is 2.11. The maximum atomic E-state index is 11.6. The number of esters is 1. The van der Waals surface area contributed by atoms with Crippen molar-refractivity contribution in [1.82, 2.24) is 9.78 Å². The average Bonchev–Trinajstić information content (AvgIpc) is 2.70. The molecule has 0 unspecified atom stereocenters. The van der Waals surface area contributed by atoms with Gasteiger partial charge in [0.1, 0.15) is 10.3 Å². The molecule has 1 heterocycles. The highest BCUT2D eigenvalue weighted by Crippen LogP contribution is 2.26. The Hall–Kier alpha value is -0.840. The molecule has 1 aromatic rings. The summed E-state index contributed by atoms with van der Waals surface area (Å²) in [6.45, 7) is 0.816. The molecule has 2 rings (SSSR count). The topological polar surface area (TPSA) is 44.1 Å². The molecule has 0 amide bonds. The van der Waals surface area contributed by atoms with Gasteiger partial charge in [-0.25, -0.2) is 4.79 Å². The zero-order valence-electron chi connectivity index (χ0n) is 9.99. The van der Waals surface area contributed by atoms with Gasteiger partial charge in [0.2, 0.25) is 0 Å². The highest BCUT2D eigenvalue weighted by Gasteiger charge is 2.19. The van der Waals surface area contributed by atoms with E-state index in [0.717, 1.165) is 6.54 Å². The maximum Gasteiger partial charge on any atom is 0.356 e. The lowest BCUT2D eigenvalue weighted by Crippen LogP contribution is -2.19. The van der Waals surface area contributed by atoms with Crippen molar-refractivity contribution in [2.45, 2.75) is 38.6 Å². The predicted molar refractivity (Wildman–Crippen MR) is 67.8 cm³/mol. The number of methoxy groups -OCH3 is 1. The summed E-state index contributed by atoms with van der Waals surface area (Å²) in [5, 5.41) is 4.31. The number of halogens is 1. The Labute approximate surface area is 109 Å². The summed E-state index contributed by atoms with van der Waals surface area (Å²) < 4.78 is 7.22. The van der Waals surface area contributed by atoms with Crippen molar-refractivity contribution < 1.29 is 9.53 Å². The van der Waals surface area contributed by atoms with Crippen molar-refractivity contribution in [1.29, 1.82) is 0 Å².